The molecule has 2 aromatic rings. The molecule has 0 unspecified atom stereocenters. The summed E-state index contributed by atoms with van der Waals surface area (Å²) >= 11 is 0. The van der Waals surface area contributed by atoms with E-state index in [1.165, 1.54) is 0 Å². The Morgan fingerprint density at radius 3 is 2.58 bits per heavy atom. The molecule has 26 heavy (non-hydrogen) atoms. The number of aryl methyl sites for hydroxylation is 1. The van der Waals surface area contributed by atoms with Gasteiger partial charge in [-0.15, -0.1) is 0 Å². The van der Waals surface area contributed by atoms with Gasteiger partial charge < -0.3 is 15.7 Å². The number of benzene rings is 1. The Morgan fingerprint density at radius 2 is 1.92 bits per heavy atom. The van der Waals surface area contributed by atoms with Crippen molar-refractivity contribution in [1.29, 1.82) is 0 Å². The van der Waals surface area contributed by atoms with Crippen molar-refractivity contribution in [2.24, 2.45) is 0 Å². The average Bonchev–Trinajstić information content (AvgIpc) is 2.53. The van der Waals surface area contributed by atoms with Gasteiger partial charge in [0.1, 0.15) is 11.6 Å². The Bertz CT molecular complexity index is 798. The fourth-order valence-electron chi connectivity index (χ4n) is 1.98. The highest BCUT2D eigenvalue weighted by atomic mass is 19.4. The third-order valence-electron chi connectivity index (χ3n) is 3.03. The molecule has 0 aliphatic rings. The van der Waals surface area contributed by atoms with Crippen LogP contribution in [0, 0.1) is 12.7 Å². The van der Waals surface area contributed by atoms with Crippen LogP contribution in [0.3, 0.4) is 0 Å². The average molecular weight is 373 g/mol. The number of nitrogens with zero attached hydrogens (tertiary/aromatic N) is 2. The molecular formula is C15H15F4N5O2. The lowest BCUT2D eigenvalue weighted by Gasteiger charge is -2.12. The first-order valence-electron chi connectivity index (χ1n) is 7.34. The maximum atomic E-state index is 13.2. The molecule has 7 nitrogen and oxygen atoms in total. The van der Waals surface area contributed by atoms with Gasteiger partial charge in [0.05, 0.1) is 12.2 Å². The predicted molar refractivity (Wildman–Crippen MR) is 86.4 cm³/mol. The van der Waals surface area contributed by atoms with Crippen LogP contribution in [0.15, 0.2) is 24.3 Å². The van der Waals surface area contributed by atoms with E-state index in [2.05, 4.69) is 25.9 Å². The fraction of sp³-hybridized carbons (Fsp3) is 0.267. The van der Waals surface area contributed by atoms with E-state index in [0.29, 0.717) is 23.6 Å². The number of aromatic nitrogens is 2. The number of alkyl halides is 3. The zero-order valence-corrected chi connectivity index (χ0v) is 13.5. The van der Waals surface area contributed by atoms with Crippen LogP contribution in [-0.4, -0.2) is 34.3 Å². The number of aliphatic hydroxyl groups excluding tert-OH is 1. The van der Waals surface area contributed by atoms with Crippen molar-refractivity contribution >= 4 is 23.5 Å². The van der Waals surface area contributed by atoms with Crippen molar-refractivity contribution in [2.45, 2.75) is 13.1 Å². The normalized spacial score (nSPS) is 11.2. The number of carbonyl (C=O) groups is 1. The molecule has 4 N–H and O–H groups in total. The van der Waals surface area contributed by atoms with E-state index in [-0.39, 0.29) is 24.8 Å². The maximum Gasteiger partial charge on any atom is 0.419 e. The van der Waals surface area contributed by atoms with E-state index in [4.69, 9.17) is 5.11 Å². The van der Waals surface area contributed by atoms with Gasteiger partial charge in [0, 0.05) is 24.0 Å². The van der Waals surface area contributed by atoms with Gasteiger partial charge in [-0.25, -0.2) is 14.2 Å². The fourth-order valence-corrected chi connectivity index (χ4v) is 1.98. The van der Waals surface area contributed by atoms with E-state index < -0.39 is 23.6 Å². The summed E-state index contributed by atoms with van der Waals surface area (Å²) < 4.78 is 51.3. The highest BCUT2D eigenvalue weighted by Gasteiger charge is 2.34. The third-order valence-corrected chi connectivity index (χ3v) is 3.03. The zero-order valence-electron chi connectivity index (χ0n) is 13.5. The lowest BCUT2D eigenvalue weighted by Crippen LogP contribution is -2.22. The Morgan fingerprint density at radius 1 is 1.19 bits per heavy atom. The summed E-state index contributed by atoms with van der Waals surface area (Å²) in [5.41, 5.74) is -1.23. The largest absolute Gasteiger partial charge is 0.419 e. The Hall–Kier alpha value is -2.95. The van der Waals surface area contributed by atoms with Gasteiger partial charge in [0.15, 0.2) is 0 Å². The number of halogens is 4. The summed E-state index contributed by atoms with van der Waals surface area (Å²) in [5, 5.41) is 16.0. The van der Waals surface area contributed by atoms with E-state index in [0.717, 1.165) is 6.07 Å². The first-order chi connectivity index (χ1) is 12.2. The second kappa shape index (κ2) is 7.95. The minimum Gasteiger partial charge on any atom is -0.395 e. The quantitative estimate of drug-likeness (QED) is 0.604. The number of nitrogens with one attached hydrogen (secondary N) is 3. The van der Waals surface area contributed by atoms with Gasteiger partial charge >= 0.3 is 12.2 Å². The van der Waals surface area contributed by atoms with E-state index in [1.807, 2.05) is 0 Å². The number of rotatable bonds is 5. The molecule has 0 aliphatic heterocycles. The SMILES string of the molecule is Cc1cc(NCCO)nc(NC(=O)Nc2ccc(F)c(C(F)(F)F)c2)n1. The first kappa shape index (κ1) is 19.4. The van der Waals surface area contributed by atoms with Crippen molar-refractivity contribution in [1.82, 2.24) is 9.97 Å². The van der Waals surface area contributed by atoms with Crippen LogP contribution >= 0.6 is 0 Å². The second-order valence-electron chi connectivity index (χ2n) is 5.14. The van der Waals surface area contributed by atoms with Crippen LogP contribution < -0.4 is 16.0 Å². The zero-order chi connectivity index (χ0) is 19.3. The van der Waals surface area contributed by atoms with Crippen molar-refractivity contribution in [3.63, 3.8) is 0 Å². The van der Waals surface area contributed by atoms with Gasteiger partial charge in [-0.05, 0) is 25.1 Å². The summed E-state index contributed by atoms with van der Waals surface area (Å²) in [5.74, 6) is -1.19. The smallest absolute Gasteiger partial charge is 0.395 e. The summed E-state index contributed by atoms with van der Waals surface area (Å²) in [6, 6.07) is 2.77. The van der Waals surface area contributed by atoms with Gasteiger partial charge in [-0.2, -0.15) is 18.2 Å². The number of anilines is 3. The molecule has 140 valence electrons. The van der Waals surface area contributed by atoms with Gasteiger partial charge in [-0.1, -0.05) is 0 Å². The molecular weight excluding hydrogens is 358 g/mol. The molecule has 0 fully saturated rings. The molecule has 0 atom stereocenters. The molecule has 0 bridgehead atoms. The highest BCUT2D eigenvalue weighted by Crippen LogP contribution is 2.33. The first-order valence-corrected chi connectivity index (χ1v) is 7.34. The van der Waals surface area contributed by atoms with Gasteiger partial charge in [0.2, 0.25) is 5.95 Å². The Kier molecular flexibility index (Phi) is 5.93. The third kappa shape index (κ3) is 5.28. The van der Waals surface area contributed by atoms with Crippen molar-refractivity contribution in [3.8, 4) is 0 Å². The molecule has 0 radical (unpaired) electrons. The predicted octanol–water partition coefficient (Wildman–Crippen LogP) is 2.99. The number of amides is 2. The number of hydrogen-bond acceptors (Lipinski definition) is 5. The topological polar surface area (TPSA) is 99.2 Å². The molecule has 2 rings (SSSR count). The molecule has 11 heteroatoms. The van der Waals surface area contributed by atoms with Crippen LogP contribution in [0.1, 0.15) is 11.3 Å². The number of carbonyl (C=O) groups excluding carboxylic acids is 1. The van der Waals surface area contributed by atoms with Crippen LogP contribution in [0.25, 0.3) is 0 Å². The molecule has 2 amide bonds. The lowest BCUT2D eigenvalue weighted by molar-refractivity contribution is -0.139. The summed E-state index contributed by atoms with van der Waals surface area (Å²) in [6.45, 7) is 1.75. The van der Waals surface area contributed by atoms with Crippen LogP contribution in [0.4, 0.5) is 39.8 Å². The van der Waals surface area contributed by atoms with E-state index in [9.17, 15) is 22.4 Å². The Balaban J connectivity index is 2.11. The second-order valence-corrected chi connectivity index (χ2v) is 5.14. The molecule has 0 aliphatic carbocycles. The number of aliphatic hydroxyl groups is 1. The standard InChI is InChI=1S/C15H15F4N5O2/c1-8-6-12(20-4-5-25)23-13(21-8)24-14(26)22-9-2-3-11(16)10(7-9)15(17,18)19/h2-3,6-7,25H,4-5H2,1H3,(H3,20,21,22,23,24,26). The molecule has 1 heterocycles. The van der Waals surface area contributed by atoms with Gasteiger partial charge in [0.25, 0.3) is 0 Å². The summed E-state index contributed by atoms with van der Waals surface area (Å²) in [6.07, 6.45) is -4.88. The minimum atomic E-state index is -4.88. The molecule has 0 saturated carbocycles. The summed E-state index contributed by atoms with van der Waals surface area (Å²) in [7, 11) is 0. The number of hydrogen-bond donors (Lipinski definition) is 4. The summed E-state index contributed by atoms with van der Waals surface area (Å²) in [4.78, 5) is 19.9. The molecule has 0 saturated heterocycles. The molecule has 0 spiro atoms. The van der Waals surface area contributed by atoms with Crippen molar-refractivity contribution in [3.05, 3.63) is 41.3 Å². The number of urea groups is 1. The molecule has 1 aromatic carbocycles. The van der Waals surface area contributed by atoms with Gasteiger partial charge in [-0.3, -0.25) is 5.32 Å². The van der Waals surface area contributed by atoms with Crippen LogP contribution in [-0.2, 0) is 6.18 Å². The Labute approximate surface area is 145 Å². The van der Waals surface area contributed by atoms with Crippen molar-refractivity contribution < 1.29 is 27.5 Å². The molecule has 1 aromatic heterocycles. The van der Waals surface area contributed by atoms with Crippen LogP contribution in [0.2, 0.25) is 0 Å². The maximum absolute atomic E-state index is 13.2. The monoisotopic (exact) mass is 373 g/mol. The minimum absolute atomic E-state index is 0.0962. The van der Waals surface area contributed by atoms with E-state index in [1.54, 1.807) is 13.0 Å². The van der Waals surface area contributed by atoms with E-state index >= 15 is 0 Å². The lowest BCUT2D eigenvalue weighted by atomic mass is 10.2. The highest BCUT2D eigenvalue weighted by molar-refractivity contribution is 5.98. The van der Waals surface area contributed by atoms with Crippen LogP contribution in [0.5, 0.6) is 0 Å². The van der Waals surface area contributed by atoms with Crippen molar-refractivity contribution in [2.75, 3.05) is 29.1 Å².